The molecule has 0 unspecified atom stereocenters. The second kappa shape index (κ2) is 5.52. The van der Waals surface area contributed by atoms with E-state index >= 15 is 0 Å². The minimum Gasteiger partial charge on any atom is -0.477 e. The Balaban J connectivity index is 2.47. The summed E-state index contributed by atoms with van der Waals surface area (Å²) >= 11 is 0. The van der Waals surface area contributed by atoms with Crippen LogP contribution in [0.25, 0.3) is 16.6 Å². The van der Waals surface area contributed by atoms with Crippen LogP contribution in [-0.2, 0) is 6.18 Å². The number of benzene rings is 2. The molecular formula is C17H10F3NO3. The highest BCUT2D eigenvalue weighted by Crippen LogP contribution is 2.34. The quantitative estimate of drug-likeness (QED) is 0.778. The van der Waals surface area contributed by atoms with Gasteiger partial charge in [-0.1, -0.05) is 24.3 Å². The molecule has 0 aliphatic heterocycles. The van der Waals surface area contributed by atoms with Crippen LogP contribution in [0.5, 0.6) is 0 Å². The lowest BCUT2D eigenvalue weighted by atomic mass is 10.1. The lowest BCUT2D eigenvalue weighted by Crippen LogP contribution is -2.19. The number of halogens is 3. The van der Waals surface area contributed by atoms with Gasteiger partial charge < -0.3 is 9.67 Å². The Morgan fingerprint density at radius 3 is 2.29 bits per heavy atom. The molecule has 0 amide bonds. The summed E-state index contributed by atoms with van der Waals surface area (Å²) in [6.45, 7) is 0. The molecule has 4 nitrogen and oxygen atoms in total. The number of carboxylic acids is 1. The van der Waals surface area contributed by atoms with E-state index in [1.165, 1.54) is 36.4 Å². The summed E-state index contributed by atoms with van der Waals surface area (Å²) in [6.07, 6.45) is -3.69. The molecule has 0 aliphatic rings. The molecule has 1 aromatic heterocycles. The van der Waals surface area contributed by atoms with E-state index in [1.54, 1.807) is 6.07 Å². The second-order valence-corrected chi connectivity index (χ2v) is 5.08. The summed E-state index contributed by atoms with van der Waals surface area (Å²) in [5.41, 5.74) is -2.30. The van der Waals surface area contributed by atoms with Crippen LogP contribution in [0.15, 0.2) is 59.5 Å². The molecule has 2 aromatic carbocycles. The van der Waals surface area contributed by atoms with E-state index in [1.807, 2.05) is 0 Å². The van der Waals surface area contributed by atoms with Crippen molar-refractivity contribution in [1.29, 1.82) is 0 Å². The van der Waals surface area contributed by atoms with Gasteiger partial charge in [-0.3, -0.25) is 4.79 Å². The van der Waals surface area contributed by atoms with Gasteiger partial charge in [0.1, 0.15) is 5.56 Å². The van der Waals surface area contributed by atoms with Gasteiger partial charge in [-0.25, -0.2) is 4.79 Å². The summed E-state index contributed by atoms with van der Waals surface area (Å²) < 4.78 is 40.9. The van der Waals surface area contributed by atoms with Crippen molar-refractivity contribution in [2.75, 3.05) is 0 Å². The minimum absolute atomic E-state index is 0.0365. The van der Waals surface area contributed by atoms with E-state index in [0.717, 1.165) is 16.8 Å². The van der Waals surface area contributed by atoms with Crippen molar-refractivity contribution in [3.05, 3.63) is 76.1 Å². The normalized spacial score (nSPS) is 11.6. The number of aromatic nitrogens is 1. The average Bonchev–Trinajstić information content (AvgIpc) is 2.54. The molecule has 1 heterocycles. The van der Waals surface area contributed by atoms with Gasteiger partial charge >= 0.3 is 12.1 Å². The summed E-state index contributed by atoms with van der Waals surface area (Å²) in [5.74, 6) is -1.50. The van der Waals surface area contributed by atoms with E-state index < -0.39 is 28.7 Å². The van der Waals surface area contributed by atoms with E-state index in [9.17, 15) is 27.9 Å². The van der Waals surface area contributed by atoms with Crippen LogP contribution in [0.4, 0.5) is 13.2 Å². The maximum Gasteiger partial charge on any atom is 0.418 e. The molecule has 0 radical (unpaired) electrons. The fourth-order valence-electron chi connectivity index (χ4n) is 2.55. The summed E-state index contributed by atoms with van der Waals surface area (Å²) in [6, 6.07) is 10.7. The van der Waals surface area contributed by atoms with E-state index in [4.69, 9.17) is 0 Å². The molecule has 3 rings (SSSR count). The first kappa shape index (κ1) is 15.8. The number of carboxylic acid groups (broad SMARTS) is 1. The molecule has 0 fully saturated rings. The zero-order chi connectivity index (χ0) is 17.5. The maximum absolute atomic E-state index is 13.3. The third kappa shape index (κ3) is 2.54. The Morgan fingerprint density at radius 2 is 1.62 bits per heavy atom. The highest BCUT2D eigenvalue weighted by Gasteiger charge is 2.34. The molecule has 0 bridgehead atoms. The zero-order valence-corrected chi connectivity index (χ0v) is 12.0. The molecule has 7 heteroatoms. The average molecular weight is 333 g/mol. The number of para-hydroxylation sites is 2. The first-order valence-electron chi connectivity index (χ1n) is 6.85. The van der Waals surface area contributed by atoms with Crippen molar-refractivity contribution in [3.8, 4) is 5.69 Å². The largest absolute Gasteiger partial charge is 0.477 e. The van der Waals surface area contributed by atoms with Gasteiger partial charge in [-0.2, -0.15) is 13.2 Å². The molecule has 24 heavy (non-hydrogen) atoms. The number of aromatic carboxylic acids is 1. The van der Waals surface area contributed by atoms with E-state index in [0.29, 0.717) is 0 Å². The molecule has 0 saturated heterocycles. The molecule has 0 aliphatic carbocycles. The van der Waals surface area contributed by atoms with Crippen molar-refractivity contribution in [1.82, 2.24) is 4.57 Å². The Labute approximate surface area is 133 Å². The first-order chi connectivity index (χ1) is 11.3. The van der Waals surface area contributed by atoms with Gasteiger partial charge in [0, 0.05) is 11.6 Å². The van der Waals surface area contributed by atoms with Crippen molar-refractivity contribution in [2.24, 2.45) is 0 Å². The van der Waals surface area contributed by atoms with Crippen LogP contribution in [0.2, 0.25) is 0 Å². The van der Waals surface area contributed by atoms with Crippen LogP contribution >= 0.6 is 0 Å². The van der Waals surface area contributed by atoms with Crippen LogP contribution in [0.3, 0.4) is 0 Å². The van der Waals surface area contributed by atoms with Gasteiger partial charge in [-0.05, 0) is 24.3 Å². The van der Waals surface area contributed by atoms with Crippen LogP contribution in [0, 0.1) is 0 Å². The minimum atomic E-state index is -4.62. The van der Waals surface area contributed by atoms with Crippen LogP contribution < -0.4 is 5.43 Å². The molecule has 0 spiro atoms. The Hall–Kier alpha value is -3.09. The number of nitrogens with zero attached hydrogens (tertiary/aromatic N) is 1. The predicted molar refractivity (Wildman–Crippen MR) is 81.5 cm³/mol. The Bertz CT molecular complexity index is 1010. The highest BCUT2D eigenvalue weighted by atomic mass is 19.4. The zero-order valence-electron chi connectivity index (χ0n) is 12.0. The Morgan fingerprint density at radius 1 is 1.00 bits per heavy atom. The maximum atomic E-state index is 13.3. The third-order valence-corrected chi connectivity index (χ3v) is 3.61. The topological polar surface area (TPSA) is 59.3 Å². The number of fused-ring (bicyclic) bond motifs is 1. The van der Waals surface area contributed by atoms with Crippen molar-refractivity contribution < 1.29 is 23.1 Å². The van der Waals surface area contributed by atoms with Crippen LogP contribution in [0.1, 0.15) is 15.9 Å². The molecule has 122 valence electrons. The Kier molecular flexibility index (Phi) is 3.63. The van der Waals surface area contributed by atoms with Gasteiger partial charge in [0.25, 0.3) is 0 Å². The number of alkyl halides is 3. The van der Waals surface area contributed by atoms with Crippen molar-refractivity contribution in [3.63, 3.8) is 0 Å². The smallest absolute Gasteiger partial charge is 0.418 e. The van der Waals surface area contributed by atoms with Gasteiger partial charge in [0.05, 0.1) is 16.8 Å². The SMILES string of the molecule is O=C(O)c1cn(-c2ccccc2C(F)(F)F)c2ccccc2c1=O. The lowest BCUT2D eigenvalue weighted by molar-refractivity contribution is -0.137. The van der Waals surface area contributed by atoms with E-state index in [2.05, 4.69) is 0 Å². The fourth-order valence-corrected chi connectivity index (χ4v) is 2.55. The predicted octanol–water partition coefficient (Wildman–Crippen LogP) is 3.71. The monoisotopic (exact) mass is 333 g/mol. The summed E-state index contributed by atoms with van der Waals surface area (Å²) in [7, 11) is 0. The highest BCUT2D eigenvalue weighted by molar-refractivity contribution is 5.93. The standard InChI is InChI=1S/C17H10F3NO3/c18-17(19,20)12-6-2-4-8-14(12)21-9-11(16(23)24)15(22)10-5-1-3-7-13(10)21/h1-9H,(H,23,24). The third-order valence-electron chi connectivity index (χ3n) is 3.61. The van der Waals surface area contributed by atoms with Gasteiger partial charge in [0.2, 0.25) is 5.43 Å². The molecule has 0 saturated carbocycles. The first-order valence-corrected chi connectivity index (χ1v) is 6.85. The second-order valence-electron chi connectivity index (χ2n) is 5.08. The number of carbonyl (C=O) groups is 1. The fraction of sp³-hybridized carbons (Fsp3) is 0.0588. The number of rotatable bonds is 2. The molecule has 0 atom stereocenters. The summed E-state index contributed by atoms with van der Waals surface area (Å²) in [4.78, 5) is 23.5. The number of hydrogen-bond acceptors (Lipinski definition) is 2. The van der Waals surface area contributed by atoms with Gasteiger partial charge in [-0.15, -0.1) is 0 Å². The molecule has 3 aromatic rings. The lowest BCUT2D eigenvalue weighted by Gasteiger charge is -2.17. The number of pyridine rings is 1. The summed E-state index contributed by atoms with van der Waals surface area (Å²) in [5, 5.41) is 9.23. The van der Waals surface area contributed by atoms with E-state index in [-0.39, 0.29) is 16.6 Å². The van der Waals surface area contributed by atoms with Crippen molar-refractivity contribution in [2.45, 2.75) is 6.18 Å². The van der Waals surface area contributed by atoms with Crippen molar-refractivity contribution >= 4 is 16.9 Å². The van der Waals surface area contributed by atoms with Gasteiger partial charge in [0.15, 0.2) is 0 Å². The number of hydrogen-bond donors (Lipinski definition) is 1. The molecular weight excluding hydrogens is 323 g/mol. The molecule has 1 N–H and O–H groups in total. The van der Waals surface area contributed by atoms with Crippen LogP contribution in [-0.4, -0.2) is 15.6 Å².